The molecule has 4 aliphatic rings. The Hall–Kier alpha value is -3.50. The molecular formula is C40H57N3O7. The minimum absolute atomic E-state index is 0.0259. The zero-order valence-corrected chi connectivity index (χ0v) is 30.4. The molecule has 1 N–H and O–H groups in total. The van der Waals surface area contributed by atoms with Crippen molar-refractivity contribution in [1.82, 2.24) is 14.7 Å². The summed E-state index contributed by atoms with van der Waals surface area (Å²) >= 11 is 0. The van der Waals surface area contributed by atoms with Crippen molar-refractivity contribution in [2.24, 2.45) is 17.8 Å². The Bertz CT molecular complexity index is 1390. The first-order valence-corrected chi connectivity index (χ1v) is 18.6. The van der Waals surface area contributed by atoms with Crippen LogP contribution < -0.4 is 0 Å². The van der Waals surface area contributed by atoms with Crippen molar-refractivity contribution in [1.29, 1.82) is 0 Å². The molecule has 1 spiro atoms. The summed E-state index contributed by atoms with van der Waals surface area (Å²) in [4.78, 5) is 62.3. The van der Waals surface area contributed by atoms with Crippen molar-refractivity contribution in [3.63, 3.8) is 0 Å². The molecule has 0 aromatic heterocycles. The second kappa shape index (κ2) is 16.2. The number of hydrogen-bond acceptors (Lipinski definition) is 7. The van der Waals surface area contributed by atoms with Gasteiger partial charge >= 0.3 is 5.97 Å². The Balaban J connectivity index is 1.50. The number of amides is 3. The van der Waals surface area contributed by atoms with E-state index in [0.717, 1.165) is 37.7 Å². The maximum absolute atomic E-state index is 14.9. The highest BCUT2D eigenvalue weighted by Crippen LogP contribution is 2.59. The third-order valence-electron chi connectivity index (χ3n) is 11.6. The minimum Gasteiger partial charge on any atom is -0.455 e. The maximum atomic E-state index is 14.9. The van der Waals surface area contributed by atoms with E-state index in [9.17, 15) is 24.3 Å². The molecule has 8 atom stereocenters. The van der Waals surface area contributed by atoms with Crippen LogP contribution in [0.5, 0.6) is 0 Å². The zero-order valence-electron chi connectivity index (χ0n) is 30.4. The van der Waals surface area contributed by atoms with E-state index in [-0.39, 0.29) is 42.7 Å². The van der Waals surface area contributed by atoms with Crippen molar-refractivity contribution in [2.75, 3.05) is 20.2 Å². The van der Waals surface area contributed by atoms with Gasteiger partial charge in [0.1, 0.15) is 17.7 Å². The minimum atomic E-state index is -1.22. The van der Waals surface area contributed by atoms with E-state index in [1.807, 2.05) is 56.0 Å². The highest BCUT2D eigenvalue weighted by atomic mass is 16.6. The molecule has 1 saturated carbocycles. The van der Waals surface area contributed by atoms with Crippen LogP contribution in [0.2, 0.25) is 0 Å². The molecule has 0 radical (unpaired) electrons. The van der Waals surface area contributed by atoms with Crippen LogP contribution >= 0.6 is 0 Å². The van der Waals surface area contributed by atoms with Crippen LogP contribution in [-0.2, 0) is 28.7 Å². The van der Waals surface area contributed by atoms with Crippen molar-refractivity contribution >= 4 is 23.7 Å². The molecule has 10 nitrogen and oxygen atoms in total. The van der Waals surface area contributed by atoms with E-state index < -0.39 is 53.7 Å². The van der Waals surface area contributed by atoms with E-state index in [0.29, 0.717) is 32.2 Å². The monoisotopic (exact) mass is 691 g/mol. The first-order valence-electron chi connectivity index (χ1n) is 18.6. The number of ether oxygens (including phenoxy) is 2. The number of aliphatic hydroxyl groups is 1. The molecule has 274 valence electrons. The summed E-state index contributed by atoms with van der Waals surface area (Å²) in [5.74, 6) is -2.92. The van der Waals surface area contributed by atoms with Gasteiger partial charge in [0.2, 0.25) is 17.7 Å². The topological polar surface area (TPSA) is 117 Å². The molecule has 4 fully saturated rings. The fourth-order valence-corrected chi connectivity index (χ4v) is 9.08. The Morgan fingerprint density at radius 3 is 2.40 bits per heavy atom. The maximum Gasteiger partial charge on any atom is 0.313 e. The Morgan fingerprint density at radius 1 is 1.08 bits per heavy atom. The predicted octanol–water partition coefficient (Wildman–Crippen LogP) is 5.21. The van der Waals surface area contributed by atoms with Crippen LogP contribution in [0.15, 0.2) is 55.6 Å². The first kappa shape index (κ1) is 37.7. The molecule has 1 aliphatic carbocycles. The van der Waals surface area contributed by atoms with Crippen molar-refractivity contribution in [3.05, 3.63) is 61.2 Å². The number of benzene rings is 1. The molecule has 3 heterocycles. The zero-order chi connectivity index (χ0) is 36.2. The third-order valence-corrected chi connectivity index (χ3v) is 11.6. The Morgan fingerprint density at radius 2 is 1.78 bits per heavy atom. The van der Waals surface area contributed by atoms with Gasteiger partial charge in [-0.2, -0.15) is 0 Å². The van der Waals surface area contributed by atoms with Crippen molar-refractivity contribution in [2.45, 2.75) is 127 Å². The molecule has 3 aliphatic heterocycles. The van der Waals surface area contributed by atoms with Gasteiger partial charge in [-0.25, -0.2) is 0 Å². The van der Waals surface area contributed by atoms with Gasteiger partial charge in [-0.15, -0.1) is 13.2 Å². The lowest BCUT2D eigenvalue weighted by Gasteiger charge is -2.42. The number of rotatable bonds is 16. The van der Waals surface area contributed by atoms with Gasteiger partial charge in [0.05, 0.1) is 36.6 Å². The van der Waals surface area contributed by atoms with Crippen LogP contribution in [0.1, 0.15) is 96.6 Å². The number of likely N-dealkylation sites (N-methyl/N-ethyl adjacent to an activating group) is 1. The molecule has 0 unspecified atom stereocenters. The summed E-state index contributed by atoms with van der Waals surface area (Å²) in [6.45, 7) is 13.6. The van der Waals surface area contributed by atoms with Gasteiger partial charge in [0, 0.05) is 26.1 Å². The molecule has 3 saturated heterocycles. The number of esters is 1. The summed E-state index contributed by atoms with van der Waals surface area (Å²) in [5, 5.41) is 10.7. The van der Waals surface area contributed by atoms with Crippen LogP contribution in [0.4, 0.5) is 0 Å². The number of allylic oxidation sites excluding steroid dienone is 1. The fourth-order valence-electron chi connectivity index (χ4n) is 9.08. The summed E-state index contributed by atoms with van der Waals surface area (Å²) in [6.07, 6.45) is 9.27. The standard InChI is InChI=1S/C40H57N3O7/c1-7-9-20-32(45)41(6)27(5)35(28-16-12-10-13-17-28)49-39(48)33-31-21-22-40(50-31)34(33)37(46)43(30(25-44)24-26(3)4)36(40)38(47)42(23-8-2)29-18-14-11-15-19-29/h7-8,10,12-13,16-17,26-27,29-31,33-36,44H,1-2,9,11,14-15,18-25H2,3-6H3/t27-,30+,31-,33+,34+,35+,36-,40+/m0/s1. The third kappa shape index (κ3) is 7.15. The van der Waals surface area contributed by atoms with Gasteiger partial charge < -0.3 is 29.3 Å². The van der Waals surface area contributed by atoms with E-state index >= 15 is 0 Å². The molecule has 3 amide bonds. The summed E-state index contributed by atoms with van der Waals surface area (Å²) in [5.41, 5.74) is -0.487. The number of nitrogens with zero attached hydrogens (tertiary/aromatic N) is 3. The molecule has 5 rings (SSSR count). The summed E-state index contributed by atoms with van der Waals surface area (Å²) in [7, 11) is 1.70. The SMILES string of the molecule is C=CCCC(=O)N(C)[C@@H](C)[C@@H](OC(=O)[C@@H]1[C@@H]2CC[C@]3(O2)[C@H](C(=O)N(CC=C)C2CCCCC2)N([C@@H](CO)CC(C)C)C(=O)[C@@H]13)c1ccccc1. The number of aliphatic hydroxyl groups excluding tert-OH is 1. The summed E-state index contributed by atoms with van der Waals surface area (Å²) in [6, 6.07) is 7.25. The van der Waals surface area contributed by atoms with Crippen LogP contribution in [0.3, 0.4) is 0 Å². The number of hydrogen-bond donors (Lipinski definition) is 1. The highest BCUT2D eigenvalue weighted by molar-refractivity contribution is 5.98. The van der Waals surface area contributed by atoms with Crippen molar-refractivity contribution in [3.8, 4) is 0 Å². The lowest BCUT2D eigenvalue weighted by molar-refractivity contribution is -0.165. The molecule has 1 aromatic rings. The van der Waals surface area contributed by atoms with Crippen LogP contribution in [-0.4, -0.2) is 99.6 Å². The fraction of sp³-hybridized carbons (Fsp3) is 0.650. The normalized spacial score (nSPS) is 27.8. The Kier molecular flexibility index (Phi) is 12.3. The molecule has 2 bridgehead atoms. The van der Waals surface area contributed by atoms with Gasteiger partial charge in [-0.1, -0.05) is 75.6 Å². The lowest BCUT2D eigenvalue weighted by atomic mass is 9.70. The average molecular weight is 692 g/mol. The molecule has 1 aromatic carbocycles. The second-order valence-corrected chi connectivity index (χ2v) is 15.2. The average Bonchev–Trinajstić information content (AvgIpc) is 3.77. The van der Waals surface area contributed by atoms with Gasteiger partial charge in [-0.3, -0.25) is 19.2 Å². The first-order chi connectivity index (χ1) is 24.0. The van der Waals surface area contributed by atoms with E-state index in [1.54, 1.807) is 29.0 Å². The number of carbonyl (C=O) groups excluding carboxylic acids is 4. The van der Waals surface area contributed by atoms with Crippen molar-refractivity contribution < 1.29 is 33.8 Å². The lowest BCUT2D eigenvalue weighted by Crippen LogP contribution is -2.60. The van der Waals surface area contributed by atoms with Gasteiger partial charge in [-0.05, 0) is 56.9 Å². The van der Waals surface area contributed by atoms with E-state index in [2.05, 4.69) is 13.2 Å². The predicted molar refractivity (Wildman–Crippen MR) is 191 cm³/mol. The molecular weight excluding hydrogens is 634 g/mol. The van der Waals surface area contributed by atoms with Crippen LogP contribution in [0.25, 0.3) is 0 Å². The van der Waals surface area contributed by atoms with Gasteiger partial charge in [0.25, 0.3) is 0 Å². The number of likely N-dealkylation sites (tertiary alicyclic amines) is 1. The largest absolute Gasteiger partial charge is 0.455 e. The van der Waals surface area contributed by atoms with E-state index in [1.165, 1.54) is 0 Å². The molecule has 10 heteroatoms. The second-order valence-electron chi connectivity index (χ2n) is 15.2. The smallest absolute Gasteiger partial charge is 0.313 e. The van der Waals surface area contributed by atoms with Gasteiger partial charge in [0.15, 0.2) is 0 Å². The summed E-state index contributed by atoms with van der Waals surface area (Å²) < 4.78 is 13.1. The number of carbonyl (C=O) groups is 4. The van der Waals surface area contributed by atoms with E-state index in [4.69, 9.17) is 9.47 Å². The highest BCUT2D eigenvalue weighted by Gasteiger charge is 2.76. The molecule has 50 heavy (non-hydrogen) atoms. The number of fused-ring (bicyclic) bond motifs is 1. The Labute approximate surface area is 297 Å². The quantitative estimate of drug-likeness (QED) is 0.187. The van der Waals surface area contributed by atoms with Crippen LogP contribution in [0, 0.1) is 17.8 Å².